The molecular formula is C12H23NO3. The van der Waals surface area contributed by atoms with Crippen molar-refractivity contribution in [1.82, 2.24) is 4.90 Å². The van der Waals surface area contributed by atoms with Gasteiger partial charge in [0.25, 0.3) is 0 Å². The molecule has 1 aliphatic heterocycles. The van der Waals surface area contributed by atoms with Gasteiger partial charge in [-0.25, -0.2) is 0 Å². The third kappa shape index (κ3) is 3.19. The number of carboxylic acid groups (broad SMARTS) is 1. The van der Waals surface area contributed by atoms with E-state index in [9.17, 15) is 9.90 Å². The molecule has 4 nitrogen and oxygen atoms in total. The van der Waals surface area contributed by atoms with E-state index in [0.717, 1.165) is 32.2 Å². The van der Waals surface area contributed by atoms with Crippen LogP contribution in [0.25, 0.3) is 0 Å². The molecule has 94 valence electrons. The summed E-state index contributed by atoms with van der Waals surface area (Å²) in [5, 5.41) is 18.1. The van der Waals surface area contributed by atoms with E-state index < -0.39 is 5.97 Å². The van der Waals surface area contributed by atoms with Crippen molar-refractivity contribution in [2.75, 3.05) is 13.2 Å². The fourth-order valence-corrected chi connectivity index (χ4v) is 2.67. The van der Waals surface area contributed by atoms with Crippen LogP contribution in [0.4, 0.5) is 0 Å². The first kappa shape index (κ1) is 13.5. The van der Waals surface area contributed by atoms with Crippen LogP contribution in [0.3, 0.4) is 0 Å². The summed E-state index contributed by atoms with van der Waals surface area (Å²) < 4.78 is 0. The molecular weight excluding hydrogens is 206 g/mol. The Balaban J connectivity index is 2.63. The number of aliphatic carboxylic acids is 1. The van der Waals surface area contributed by atoms with Gasteiger partial charge in [-0.2, -0.15) is 0 Å². The zero-order valence-electron chi connectivity index (χ0n) is 10.2. The zero-order chi connectivity index (χ0) is 12.1. The molecule has 2 unspecified atom stereocenters. The van der Waals surface area contributed by atoms with E-state index in [0.29, 0.717) is 6.04 Å². The molecule has 1 rings (SSSR count). The highest BCUT2D eigenvalue weighted by Crippen LogP contribution is 2.26. The monoisotopic (exact) mass is 229 g/mol. The molecule has 0 aromatic heterocycles. The van der Waals surface area contributed by atoms with E-state index in [1.807, 2.05) is 13.8 Å². The number of likely N-dealkylation sites (tertiary alicyclic amines) is 1. The maximum Gasteiger partial charge on any atom is 0.321 e. The van der Waals surface area contributed by atoms with Gasteiger partial charge in [0.1, 0.15) is 6.04 Å². The summed E-state index contributed by atoms with van der Waals surface area (Å²) in [6, 6.07) is -0.0261. The quantitative estimate of drug-likeness (QED) is 0.721. The molecule has 1 fully saturated rings. The third-order valence-corrected chi connectivity index (χ3v) is 3.36. The van der Waals surface area contributed by atoms with Gasteiger partial charge >= 0.3 is 5.97 Å². The molecule has 16 heavy (non-hydrogen) atoms. The van der Waals surface area contributed by atoms with E-state index in [1.165, 1.54) is 0 Å². The van der Waals surface area contributed by atoms with Crippen molar-refractivity contribution in [2.24, 2.45) is 5.92 Å². The molecule has 4 heteroatoms. The Hall–Kier alpha value is -0.610. The van der Waals surface area contributed by atoms with Gasteiger partial charge in [0.15, 0.2) is 0 Å². The first-order chi connectivity index (χ1) is 7.57. The number of hydrogen-bond acceptors (Lipinski definition) is 3. The summed E-state index contributed by atoms with van der Waals surface area (Å²) in [5.41, 5.74) is 0. The van der Waals surface area contributed by atoms with Crippen LogP contribution in [-0.4, -0.2) is 46.3 Å². The van der Waals surface area contributed by atoms with Crippen LogP contribution in [0, 0.1) is 5.92 Å². The SMILES string of the molecule is CC(C)C(C(=O)O)N1CCCC1CCCO. The predicted octanol–water partition coefficient (Wildman–Crippen LogP) is 1.33. The fourth-order valence-electron chi connectivity index (χ4n) is 2.67. The van der Waals surface area contributed by atoms with E-state index in [1.54, 1.807) is 0 Å². The lowest BCUT2D eigenvalue weighted by atomic mass is 10.0. The largest absolute Gasteiger partial charge is 0.480 e. The van der Waals surface area contributed by atoms with Crippen LogP contribution in [0.1, 0.15) is 39.5 Å². The molecule has 2 atom stereocenters. The Bertz CT molecular complexity index is 230. The van der Waals surface area contributed by atoms with Gasteiger partial charge in [0.2, 0.25) is 0 Å². The van der Waals surface area contributed by atoms with Gasteiger partial charge in [-0.15, -0.1) is 0 Å². The Morgan fingerprint density at radius 1 is 1.50 bits per heavy atom. The number of rotatable bonds is 6. The smallest absolute Gasteiger partial charge is 0.321 e. The highest BCUT2D eigenvalue weighted by Gasteiger charge is 2.35. The fraction of sp³-hybridized carbons (Fsp3) is 0.917. The van der Waals surface area contributed by atoms with E-state index in [4.69, 9.17) is 5.11 Å². The molecule has 0 saturated carbocycles. The van der Waals surface area contributed by atoms with Crippen molar-refractivity contribution in [1.29, 1.82) is 0 Å². The van der Waals surface area contributed by atoms with Crippen LogP contribution in [0.2, 0.25) is 0 Å². The minimum Gasteiger partial charge on any atom is -0.480 e. The molecule has 0 aromatic carbocycles. The number of hydrogen-bond donors (Lipinski definition) is 2. The van der Waals surface area contributed by atoms with Gasteiger partial charge in [-0.05, 0) is 38.1 Å². The third-order valence-electron chi connectivity index (χ3n) is 3.36. The second kappa shape index (κ2) is 6.21. The average molecular weight is 229 g/mol. The number of nitrogens with zero attached hydrogens (tertiary/aromatic N) is 1. The van der Waals surface area contributed by atoms with Gasteiger partial charge < -0.3 is 10.2 Å². The number of aliphatic hydroxyl groups excluding tert-OH is 1. The van der Waals surface area contributed by atoms with Crippen molar-refractivity contribution < 1.29 is 15.0 Å². The minimum atomic E-state index is -0.717. The molecule has 0 amide bonds. The summed E-state index contributed by atoms with van der Waals surface area (Å²) in [7, 11) is 0. The van der Waals surface area contributed by atoms with Crippen molar-refractivity contribution in [2.45, 2.75) is 51.6 Å². The lowest BCUT2D eigenvalue weighted by molar-refractivity contribution is -0.145. The highest BCUT2D eigenvalue weighted by molar-refractivity contribution is 5.73. The normalized spacial score (nSPS) is 23.9. The summed E-state index contributed by atoms with van der Waals surface area (Å²) >= 11 is 0. The molecule has 0 aliphatic carbocycles. The standard InChI is InChI=1S/C12H23NO3/c1-9(2)11(12(15)16)13-7-3-5-10(13)6-4-8-14/h9-11,14H,3-8H2,1-2H3,(H,15,16). The molecule has 1 aliphatic rings. The number of carbonyl (C=O) groups is 1. The van der Waals surface area contributed by atoms with Crippen molar-refractivity contribution in [3.05, 3.63) is 0 Å². The summed E-state index contributed by atoms with van der Waals surface area (Å²) in [4.78, 5) is 13.4. The first-order valence-electron chi connectivity index (χ1n) is 6.17. The van der Waals surface area contributed by atoms with Crippen molar-refractivity contribution in [3.63, 3.8) is 0 Å². The van der Waals surface area contributed by atoms with Crippen LogP contribution in [-0.2, 0) is 4.79 Å². The molecule has 0 radical (unpaired) electrons. The predicted molar refractivity (Wildman–Crippen MR) is 62.3 cm³/mol. The lowest BCUT2D eigenvalue weighted by Crippen LogP contribution is -2.47. The van der Waals surface area contributed by atoms with E-state index >= 15 is 0 Å². The number of carboxylic acids is 1. The molecule has 0 aromatic rings. The second-order valence-corrected chi connectivity index (χ2v) is 4.93. The maximum absolute atomic E-state index is 11.3. The van der Waals surface area contributed by atoms with Gasteiger partial charge in [-0.3, -0.25) is 9.69 Å². The molecule has 1 heterocycles. The van der Waals surface area contributed by atoms with E-state index in [2.05, 4.69) is 4.90 Å². The zero-order valence-corrected chi connectivity index (χ0v) is 10.2. The molecule has 2 N–H and O–H groups in total. The molecule has 1 saturated heterocycles. The Morgan fingerprint density at radius 2 is 2.19 bits per heavy atom. The first-order valence-corrected chi connectivity index (χ1v) is 6.17. The number of aliphatic hydroxyl groups is 1. The minimum absolute atomic E-state index is 0.132. The molecule has 0 bridgehead atoms. The Labute approximate surface area is 97.3 Å². The van der Waals surface area contributed by atoms with Crippen LogP contribution < -0.4 is 0 Å². The van der Waals surface area contributed by atoms with E-state index in [-0.39, 0.29) is 18.6 Å². The topological polar surface area (TPSA) is 60.8 Å². The van der Waals surface area contributed by atoms with Crippen LogP contribution in [0.15, 0.2) is 0 Å². The maximum atomic E-state index is 11.3. The van der Waals surface area contributed by atoms with Crippen molar-refractivity contribution >= 4 is 5.97 Å². The Kier molecular flexibility index (Phi) is 5.22. The molecule has 0 spiro atoms. The Morgan fingerprint density at radius 3 is 2.69 bits per heavy atom. The summed E-state index contributed by atoms with van der Waals surface area (Å²) in [5.74, 6) is -0.585. The lowest BCUT2D eigenvalue weighted by Gasteiger charge is -2.32. The summed E-state index contributed by atoms with van der Waals surface area (Å²) in [6.45, 7) is 5.00. The second-order valence-electron chi connectivity index (χ2n) is 4.93. The van der Waals surface area contributed by atoms with Gasteiger partial charge in [-0.1, -0.05) is 13.8 Å². The summed E-state index contributed by atoms with van der Waals surface area (Å²) in [6.07, 6.45) is 3.82. The van der Waals surface area contributed by atoms with Crippen LogP contribution >= 0.6 is 0 Å². The highest BCUT2D eigenvalue weighted by atomic mass is 16.4. The van der Waals surface area contributed by atoms with Crippen LogP contribution in [0.5, 0.6) is 0 Å². The van der Waals surface area contributed by atoms with Gasteiger partial charge in [0.05, 0.1) is 0 Å². The average Bonchev–Trinajstić information content (AvgIpc) is 2.62. The van der Waals surface area contributed by atoms with Gasteiger partial charge in [0, 0.05) is 12.6 Å². The van der Waals surface area contributed by atoms with Crippen molar-refractivity contribution in [3.8, 4) is 0 Å².